The lowest BCUT2D eigenvalue weighted by Crippen LogP contribution is -2.40. The van der Waals surface area contributed by atoms with Gasteiger partial charge in [-0.3, -0.25) is 4.79 Å². The van der Waals surface area contributed by atoms with Crippen LogP contribution in [0.3, 0.4) is 0 Å². The molecule has 3 aromatic carbocycles. The van der Waals surface area contributed by atoms with E-state index >= 15 is 0 Å². The summed E-state index contributed by atoms with van der Waals surface area (Å²) in [6, 6.07) is 32.2. The average Bonchev–Trinajstić information content (AvgIpc) is 3.73. The molecular formula is C37H34N4O5S2. The van der Waals surface area contributed by atoms with Gasteiger partial charge >= 0.3 is 6.09 Å². The van der Waals surface area contributed by atoms with Gasteiger partial charge < -0.3 is 15.4 Å². The highest BCUT2D eigenvalue weighted by Gasteiger charge is 2.25. The van der Waals surface area contributed by atoms with E-state index in [0.717, 1.165) is 27.1 Å². The van der Waals surface area contributed by atoms with E-state index in [4.69, 9.17) is 4.74 Å². The molecule has 0 radical (unpaired) electrons. The van der Waals surface area contributed by atoms with Crippen LogP contribution in [-0.4, -0.2) is 41.5 Å². The molecule has 2 amide bonds. The third-order valence-electron chi connectivity index (χ3n) is 7.50. The maximum absolute atomic E-state index is 13.9. The minimum absolute atomic E-state index is 0.114. The molecule has 6 aromatic rings. The van der Waals surface area contributed by atoms with E-state index in [1.54, 1.807) is 63.4 Å². The largest absolute Gasteiger partial charge is 0.444 e. The lowest BCUT2D eigenvalue weighted by atomic mass is 10.0. The first-order chi connectivity index (χ1) is 23.0. The number of hydrogen-bond acceptors (Lipinski definition) is 7. The van der Waals surface area contributed by atoms with Gasteiger partial charge in [0.05, 0.1) is 15.8 Å². The Morgan fingerprint density at radius 2 is 1.52 bits per heavy atom. The van der Waals surface area contributed by atoms with Gasteiger partial charge in [0.25, 0.3) is 15.9 Å². The Labute approximate surface area is 283 Å². The summed E-state index contributed by atoms with van der Waals surface area (Å²) in [6.45, 7) is 5.48. The molecular weight excluding hydrogens is 645 g/mol. The number of nitrogens with one attached hydrogen (secondary N) is 2. The first-order valence-corrected chi connectivity index (χ1v) is 17.6. The third kappa shape index (κ3) is 7.02. The normalized spacial score (nSPS) is 12.4. The molecule has 0 aliphatic carbocycles. The molecule has 48 heavy (non-hydrogen) atoms. The van der Waals surface area contributed by atoms with Crippen molar-refractivity contribution in [3.05, 3.63) is 132 Å². The van der Waals surface area contributed by atoms with Crippen LogP contribution in [0.5, 0.6) is 0 Å². The molecule has 6 rings (SSSR count). The second-order valence-corrected chi connectivity index (χ2v) is 14.9. The van der Waals surface area contributed by atoms with Gasteiger partial charge in [-0.05, 0) is 62.2 Å². The fourth-order valence-electron chi connectivity index (χ4n) is 5.31. The van der Waals surface area contributed by atoms with Gasteiger partial charge in [-0.1, -0.05) is 78.9 Å². The van der Waals surface area contributed by atoms with Crippen LogP contribution in [-0.2, 0) is 14.8 Å². The summed E-state index contributed by atoms with van der Waals surface area (Å²) in [5, 5.41) is 6.51. The highest BCUT2D eigenvalue weighted by Crippen LogP contribution is 2.42. The minimum Gasteiger partial charge on any atom is -0.444 e. The Morgan fingerprint density at radius 3 is 2.19 bits per heavy atom. The zero-order valence-electron chi connectivity index (χ0n) is 26.6. The number of ether oxygens (including phenoxy) is 1. The lowest BCUT2D eigenvalue weighted by molar-refractivity contribution is 0.0520. The Balaban J connectivity index is 1.38. The summed E-state index contributed by atoms with van der Waals surface area (Å²) in [6.07, 6.45) is 2.51. The van der Waals surface area contributed by atoms with Crippen molar-refractivity contribution in [3.8, 4) is 21.6 Å². The molecule has 1 unspecified atom stereocenters. The molecule has 244 valence electrons. The molecule has 0 fully saturated rings. The van der Waals surface area contributed by atoms with Crippen LogP contribution >= 0.6 is 11.3 Å². The molecule has 0 bridgehead atoms. The summed E-state index contributed by atoms with van der Waals surface area (Å²) in [7, 11) is -3.90. The number of benzene rings is 3. The van der Waals surface area contributed by atoms with Gasteiger partial charge in [0, 0.05) is 40.3 Å². The molecule has 3 heterocycles. The molecule has 9 nitrogen and oxygen atoms in total. The standard InChI is InChI=1S/C37H34N4O5S2/c1-37(2,3)46-36(43)39-24-31(26-15-9-5-10-16-26)40-35(42)32-23-30(25-13-7-4-8-14-25)33(47-32)28-19-21-38-34-29(28)20-22-41(34)48(44,45)27-17-11-6-12-18-27/h4-23,31H,24H2,1-3H3,(H,39,43)(H,40,42). The van der Waals surface area contributed by atoms with Crippen LogP contribution in [0.1, 0.15) is 42.0 Å². The number of fused-ring (bicyclic) bond motifs is 1. The molecule has 0 spiro atoms. The SMILES string of the molecule is CC(C)(C)OC(=O)NCC(NC(=O)c1cc(-c2ccccc2)c(-c2ccnc3c2ccn3S(=O)(=O)c2ccccc2)s1)c1ccccc1. The number of thiophene rings is 1. The topological polar surface area (TPSA) is 119 Å². The summed E-state index contributed by atoms with van der Waals surface area (Å²) in [5.74, 6) is -0.321. The van der Waals surface area contributed by atoms with Crippen molar-refractivity contribution in [1.82, 2.24) is 19.6 Å². The Kier molecular flexibility index (Phi) is 9.16. The van der Waals surface area contributed by atoms with Crippen molar-refractivity contribution in [3.63, 3.8) is 0 Å². The quantitative estimate of drug-likeness (QED) is 0.162. The number of aromatic nitrogens is 2. The van der Waals surface area contributed by atoms with E-state index < -0.39 is 27.8 Å². The zero-order chi connectivity index (χ0) is 33.9. The van der Waals surface area contributed by atoms with Crippen LogP contribution in [0.4, 0.5) is 4.79 Å². The highest BCUT2D eigenvalue weighted by molar-refractivity contribution is 7.90. The second-order valence-electron chi connectivity index (χ2n) is 12.1. The van der Waals surface area contributed by atoms with Crippen LogP contribution in [0, 0.1) is 0 Å². The first kappa shape index (κ1) is 32.7. The van der Waals surface area contributed by atoms with Crippen LogP contribution in [0.15, 0.2) is 126 Å². The van der Waals surface area contributed by atoms with Crippen LogP contribution < -0.4 is 10.6 Å². The number of carbonyl (C=O) groups is 2. The van der Waals surface area contributed by atoms with Crippen LogP contribution in [0.25, 0.3) is 32.6 Å². The maximum Gasteiger partial charge on any atom is 0.407 e. The molecule has 0 aliphatic heterocycles. The van der Waals surface area contributed by atoms with Crippen molar-refractivity contribution in [2.24, 2.45) is 0 Å². The molecule has 0 aliphatic rings. The Bertz CT molecular complexity index is 2170. The van der Waals surface area contributed by atoms with Crippen molar-refractivity contribution < 1.29 is 22.7 Å². The van der Waals surface area contributed by atoms with Gasteiger partial charge in [-0.15, -0.1) is 11.3 Å². The van der Waals surface area contributed by atoms with E-state index in [9.17, 15) is 18.0 Å². The molecule has 1 atom stereocenters. The number of pyridine rings is 1. The zero-order valence-corrected chi connectivity index (χ0v) is 28.2. The van der Waals surface area contributed by atoms with E-state index in [0.29, 0.717) is 10.3 Å². The Hall–Kier alpha value is -5.26. The van der Waals surface area contributed by atoms with E-state index in [1.165, 1.54) is 21.5 Å². The number of hydrogen-bond donors (Lipinski definition) is 2. The predicted octanol–water partition coefficient (Wildman–Crippen LogP) is 7.66. The third-order valence-corrected chi connectivity index (χ3v) is 10.3. The molecule has 0 saturated carbocycles. The fraction of sp³-hybridized carbons (Fsp3) is 0.162. The van der Waals surface area contributed by atoms with Crippen molar-refractivity contribution >= 4 is 44.4 Å². The van der Waals surface area contributed by atoms with Gasteiger partial charge in [-0.2, -0.15) is 0 Å². The van der Waals surface area contributed by atoms with E-state index in [2.05, 4.69) is 15.6 Å². The molecule has 0 saturated heterocycles. The molecule has 3 aromatic heterocycles. The lowest BCUT2D eigenvalue weighted by Gasteiger charge is -2.23. The number of carbonyl (C=O) groups excluding carboxylic acids is 2. The van der Waals surface area contributed by atoms with E-state index in [1.807, 2.05) is 72.8 Å². The molecule has 2 N–H and O–H groups in total. The van der Waals surface area contributed by atoms with Gasteiger partial charge in [-0.25, -0.2) is 22.2 Å². The second kappa shape index (κ2) is 13.5. The Morgan fingerprint density at radius 1 is 0.875 bits per heavy atom. The summed E-state index contributed by atoms with van der Waals surface area (Å²) in [4.78, 5) is 32.3. The predicted molar refractivity (Wildman–Crippen MR) is 188 cm³/mol. The minimum atomic E-state index is -3.90. The fourth-order valence-corrected chi connectivity index (χ4v) is 7.76. The maximum atomic E-state index is 13.9. The van der Waals surface area contributed by atoms with Crippen LogP contribution in [0.2, 0.25) is 0 Å². The number of rotatable bonds is 9. The summed E-state index contributed by atoms with van der Waals surface area (Å²) < 4.78 is 33.7. The summed E-state index contributed by atoms with van der Waals surface area (Å²) in [5.41, 5.74) is 2.90. The van der Waals surface area contributed by atoms with Crippen molar-refractivity contribution in [2.45, 2.75) is 37.3 Å². The molecule has 11 heteroatoms. The number of alkyl carbamates (subject to hydrolysis) is 1. The van der Waals surface area contributed by atoms with E-state index in [-0.39, 0.29) is 23.0 Å². The van der Waals surface area contributed by atoms with Gasteiger partial charge in [0.15, 0.2) is 5.65 Å². The van der Waals surface area contributed by atoms with Crippen molar-refractivity contribution in [2.75, 3.05) is 6.54 Å². The number of nitrogens with zero attached hydrogens (tertiary/aromatic N) is 2. The summed E-state index contributed by atoms with van der Waals surface area (Å²) >= 11 is 1.30. The average molecular weight is 679 g/mol. The smallest absolute Gasteiger partial charge is 0.407 e. The van der Waals surface area contributed by atoms with Crippen molar-refractivity contribution in [1.29, 1.82) is 0 Å². The highest BCUT2D eigenvalue weighted by atomic mass is 32.2. The number of amides is 2. The van der Waals surface area contributed by atoms with Gasteiger partial charge in [0.2, 0.25) is 0 Å². The van der Waals surface area contributed by atoms with Gasteiger partial charge in [0.1, 0.15) is 5.60 Å². The monoisotopic (exact) mass is 678 g/mol. The first-order valence-electron chi connectivity index (χ1n) is 15.3.